The van der Waals surface area contributed by atoms with Gasteiger partial charge in [-0.05, 0) is 33.6 Å². The van der Waals surface area contributed by atoms with Gasteiger partial charge in [-0.2, -0.15) is 0 Å². The molecule has 0 radical (unpaired) electrons. The van der Waals surface area contributed by atoms with E-state index in [0.29, 0.717) is 26.2 Å². The number of carbonyl (C=O) groups excluding carboxylic acids is 1. The molecule has 1 amide bonds. The summed E-state index contributed by atoms with van der Waals surface area (Å²) in [6.07, 6.45) is 1.53. The van der Waals surface area contributed by atoms with Gasteiger partial charge < -0.3 is 25.0 Å². The maximum Gasteiger partial charge on any atom is 0.410 e. The number of hydrogen-bond donors (Lipinski definition) is 2. The van der Waals surface area contributed by atoms with Crippen molar-refractivity contribution < 1.29 is 14.3 Å². The van der Waals surface area contributed by atoms with E-state index in [1.165, 1.54) is 0 Å². The van der Waals surface area contributed by atoms with Gasteiger partial charge in [0.2, 0.25) is 0 Å². The molecule has 7 nitrogen and oxygen atoms in total. The Balaban J connectivity index is 0. The van der Waals surface area contributed by atoms with Gasteiger partial charge in [0.25, 0.3) is 0 Å². The Morgan fingerprint density at radius 2 is 1.79 bits per heavy atom. The number of nitrogens with one attached hydrogen (secondary N) is 2. The molecule has 2 N–H and O–H groups in total. The largest absolute Gasteiger partial charge is 0.444 e. The van der Waals surface area contributed by atoms with Crippen LogP contribution in [0, 0.1) is 0 Å². The lowest BCUT2D eigenvalue weighted by Crippen LogP contribution is -2.44. The summed E-state index contributed by atoms with van der Waals surface area (Å²) in [5.74, 6) is 0.724. The van der Waals surface area contributed by atoms with E-state index < -0.39 is 5.60 Å². The molecular formula is C16H35IN4O3. The average Bonchev–Trinajstić information content (AvgIpc) is 2.46. The molecule has 0 fully saturated rings. The molecule has 144 valence electrons. The number of methoxy groups -OCH3 is 1. The number of hydrogen-bond acceptors (Lipinski definition) is 4. The lowest BCUT2D eigenvalue weighted by atomic mass is 10.2. The molecule has 0 heterocycles. The van der Waals surface area contributed by atoms with Crippen molar-refractivity contribution in [3.63, 3.8) is 0 Å². The quantitative estimate of drug-likeness (QED) is 0.240. The molecule has 8 heteroatoms. The Morgan fingerprint density at radius 1 is 1.17 bits per heavy atom. The minimum atomic E-state index is -0.477. The van der Waals surface area contributed by atoms with Crippen LogP contribution in [0.2, 0.25) is 0 Å². The van der Waals surface area contributed by atoms with Gasteiger partial charge >= 0.3 is 6.09 Å². The van der Waals surface area contributed by atoms with Crippen molar-refractivity contribution in [3.05, 3.63) is 0 Å². The second-order valence-electron chi connectivity index (χ2n) is 6.24. The van der Waals surface area contributed by atoms with Gasteiger partial charge in [-0.25, -0.2) is 4.79 Å². The van der Waals surface area contributed by atoms with E-state index in [2.05, 4.69) is 15.6 Å². The summed E-state index contributed by atoms with van der Waals surface area (Å²) in [6, 6.07) is 0. The first-order valence-corrected chi connectivity index (χ1v) is 8.25. The fourth-order valence-corrected chi connectivity index (χ4v) is 1.84. The molecular weight excluding hydrogens is 423 g/mol. The van der Waals surface area contributed by atoms with Crippen molar-refractivity contribution in [1.29, 1.82) is 0 Å². The number of carbonyl (C=O) groups is 1. The summed E-state index contributed by atoms with van der Waals surface area (Å²) in [4.78, 5) is 18.0. The molecule has 0 aromatic rings. The van der Waals surface area contributed by atoms with Gasteiger partial charge in [-0.3, -0.25) is 4.99 Å². The zero-order chi connectivity index (χ0) is 17.7. The molecule has 0 atom stereocenters. The number of halogens is 1. The zero-order valence-corrected chi connectivity index (χ0v) is 18.3. The first-order valence-electron chi connectivity index (χ1n) is 8.25. The minimum Gasteiger partial charge on any atom is -0.444 e. The van der Waals surface area contributed by atoms with Crippen LogP contribution in [-0.2, 0) is 9.47 Å². The molecule has 0 aromatic heterocycles. The summed E-state index contributed by atoms with van der Waals surface area (Å²) >= 11 is 0. The Hall–Kier alpha value is -0.770. The lowest BCUT2D eigenvalue weighted by Gasteiger charge is -2.27. The third-order valence-electron chi connectivity index (χ3n) is 2.86. The molecule has 0 saturated carbocycles. The van der Waals surface area contributed by atoms with Crippen molar-refractivity contribution >= 4 is 36.0 Å². The predicted octanol–water partition coefficient (Wildman–Crippen LogP) is 2.45. The number of nitrogens with zero attached hydrogens (tertiary/aromatic N) is 2. The Bertz CT molecular complexity index is 360. The van der Waals surface area contributed by atoms with E-state index in [1.54, 1.807) is 19.1 Å². The van der Waals surface area contributed by atoms with Crippen LogP contribution >= 0.6 is 24.0 Å². The molecule has 0 aromatic carbocycles. The summed E-state index contributed by atoms with van der Waals surface area (Å²) < 4.78 is 10.4. The zero-order valence-electron chi connectivity index (χ0n) is 16.0. The summed E-state index contributed by atoms with van der Waals surface area (Å²) in [6.45, 7) is 11.0. The Kier molecular flexibility index (Phi) is 15.5. The first-order chi connectivity index (χ1) is 10.8. The van der Waals surface area contributed by atoms with Crippen LogP contribution < -0.4 is 10.6 Å². The summed E-state index contributed by atoms with van der Waals surface area (Å²) in [7, 11) is 3.41. The van der Waals surface area contributed by atoms with E-state index in [0.717, 1.165) is 25.3 Å². The number of ether oxygens (including phenoxy) is 2. The Labute approximate surface area is 164 Å². The van der Waals surface area contributed by atoms with Crippen molar-refractivity contribution in [2.75, 3.05) is 46.9 Å². The van der Waals surface area contributed by atoms with Gasteiger partial charge in [-0.15, -0.1) is 24.0 Å². The highest BCUT2D eigenvalue weighted by Crippen LogP contribution is 2.09. The molecule has 0 aliphatic rings. The average molecular weight is 458 g/mol. The van der Waals surface area contributed by atoms with E-state index in [1.807, 2.05) is 27.7 Å². The fourth-order valence-electron chi connectivity index (χ4n) is 1.84. The van der Waals surface area contributed by atoms with Gasteiger partial charge in [0.1, 0.15) is 5.60 Å². The summed E-state index contributed by atoms with van der Waals surface area (Å²) in [5, 5.41) is 6.40. The number of rotatable bonds is 9. The van der Waals surface area contributed by atoms with E-state index in [9.17, 15) is 4.79 Å². The maximum atomic E-state index is 12.2. The monoisotopic (exact) mass is 458 g/mol. The first kappa shape index (κ1) is 25.5. The maximum absolute atomic E-state index is 12.2. The Morgan fingerprint density at radius 3 is 2.29 bits per heavy atom. The number of guanidine groups is 1. The lowest BCUT2D eigenvalue weighted by molar-refractivity contribution is 0.0253. The number of amides is 1. The van der Waals surface area contributed by atoms with Crippen molar-refractivity contribution in [2.45, 2.75) is 46.1 Å². The standard InChI is InChI=1S/C16H34N4O3.HI/c1-7-11-20(15(21)23-16(2,3)4)12-10-19-14(17-5)18-9-8-13-22-6;/h7-13H2,1-6H3,(H2,17,18,19);1H. The molecule has 0 aliphatic heterocycles. The topological polar surface area (TPSA) is 75.2 Å². The smallest absolute Gasteiger partial charge is 0.410 e. The minimum absolute atomic E-state index is 0. The highest BCUT2D eigenvalue weighted by atomic mass is 127. The van der Waals surface area contributed by atoms with Gasteiger partial charge in [0.05, 0.1) is 0 Å². The van der Waals surface area contributed by atoms with Gasteiger partial charge in [-0.1, -0.05) is 6.92 Å². The van der Waals surface area contributed by atoms with Crippen LogP contribution in [0.25, 0.3) is 0 Å². The van der Waals surface area contributed by atoms with E-state index in [-0.39, 0.29) is 30.1 Å². The normalized spacial score (nSPS) is 11.5. The summed E-state index contributed by atoms with van der Waals surface area (Å²) in [5.41, 5.74) is -0.477. The molecule has 0 bridgehead atoms. The predicted molar refractivity (Wildman–Crippen MR) is 109 cm³/mol. The molecule has 0 spiro atoms. The van der Waals surface area contributed by atoms with Crippen LogP contribution in [-0.4, -0.2) is 69.5 Å². The van der Waals surface area contributed by atoms with Crippen molar-refractivity contribution in [3.8, 4) is 0 Å². The van der Waals surface area contributed by atoms with E-state index >= 15 is 0 Å². The van der Waals surface area contributed by atoms with Gasteiger partial charge in [0.15, 0.2) is 5.96 Å². The van der Waals surface area contributed by atoms with Crippen molar-refractivity contribution in [2.24, 2.45) is 4.99 Å². The number of aliphatic imine (C=N–C) groups is 1. The van der Waals surface area contributed by atoms with Gasteiger partial charge in [0, 0.05) is 46.9 Å². The van der Waals surface area contributed by atoms with Crippen LogP contribution in [0.15, 0.2) is 4.99 Å². The molecule has 0 aliphatic carbocycles. The highest BCUT2D eigenvalue weighted by Gasteiger charge is 2.21. The van der Waals surface area contributed by atoms with Crippen molar-refractivity contribution in [1.82, 2.24) is 15.5 Å². The van der Waals surface area contributed by atoms with E-state index in [4.69, 9.17) is 9.47 Å². The van der Waals surface area contributed by atoms with Crippen LogP contribution in [0.5, 0.6) is 0 Å². The third-order valence-corrected chi connectivity index (χ3v) is 2.86. The second kappa shape index (κ2) is 14.6. The molecule has 0 rings (SSSR count). The van der Waals surface area contributed by atoms with Crippen LogP contribution in [0.3, 0.4) is 0 Å². The van der Waals surface area contributed by atoms with Crippen LogP contribution in [0.1, 0.15) is 40.5 Å². The van der Waals surface area contributed by atoms with Crippen LogP contribution in [0.4, 0.5) is 4.79 Å². The second-order valence-corrected chi connectivity index (χ2v) is 6.24. The molecule has 0 saturated heterocycles. The highest BCUT2D eigenvalue weighted by molar-refractivity contribution is 14.0. The molecule has 24 heavy (non-hydrogen) atoms. The SMILES string of the molecule is CCCN(CCNC(=NC)NCCCOC)C(=O)OC(C)(C)C.I. The molecule has 0 unspecified atom stereocenters. The third kappa shape index (κ3) is 13.6. The fraction of sp³-hybridized carbons (Fsp3) is 0.875.